The van der Waals surface area contributed by atoms with E-state index in [0.29, 0.717) is 0 Å². The Hall–Kier alpha value is -0.510. The lowest BCUT2D eigenvalue weighted by Gasteiger charge is -2.11. The average molecular weight is 224 g/mol. The summed E-state index contributed by atoms with van der Waals surface area (Å²) < 4.78 is 0. The predicted molar refractivity (Wildman–Crippen MR) is 68.1 cm³/mol. The van der Waals surface area contributed by atoms with Gasteiger partial charge >= 0.3 is 0 Å². The number of nitrogens with two attached hydrogens (primary N) is 2. The minimum atomic E-state index is 0.134. The van der Waals surface area contributed by atoms with Gasteiger partial charge in [-0.2, -0.15) is 0 Å². The highest BCUT2D eigenvalue weighted by molar-refractivity contribution is 7.99. The Balaban J connectivity index is 2.54. The van der Waals surface area contributed by atoms with Gasteiger partial charge in [-0.15, -0.1) is 11.8 Å². The second-order valence-electron chi connectivity index (χ2n) is 3.54. The number of rotatable bonds is 6. The average Bonchev–Trinajstić information content (AvgIpc) is 2.27. The highest BCUT2D eigenvalue weighted by Gasteiger charge is 2.04. The van der Waals surface area contributed by atoms with Gasteiger partial charge in [0.1, 0.15) is 0 Å². The molecule has 0 bridgehead atoms. The van der Waals surface area contributed by atoms with Crippen molar-refractivity contribution in [2.24, 2.45) is 11.5 Å². The van der Waals surface area contributed by atoms with Gasteiger partial charge in [0.2, 0.25) is 0 Å². The van der Waals surface area contributed by atoms with Crippen LogP contribution < -0.4 is 11.5 Å². The van der Waals surface area contributed by atoms with Crippen LogP contribution in [0, 0.1) is 0 Å². The topological polar surface area (TPSA) is 52.0 Å². The van der Waals surface area contributed by atoms with Gasteiger partial charge in [0, 0.05) is 10.9 Å². The summed E-state index contributed by atoms with van der Waals surface area (Å²) in [5.74, 6) is 1.11. The molecule has 0 saturated carbocycles. The zero-order valence-corrected chi connectivity index (χ0v) is 10.1. The summed E-state index contributed by atoms with van der Waals surface area (Å²) in [6.07, 6.45) is 1.96. The monoisotopic (exact) mass is 224 g/mol. The van der Waals surface area contributed by atoms with E-state index in [4.69, 9.17) is 11.5 Å². The molecule has 0 amide bonds. The summed E-state index contributed by atoms with van der Waals surface area (Å²) >= 11 is 1.85. The van der Waals surface area contributed by atoms with Crippen molar-refractivity contribution in [3.05, 3.63) is 29.8 Å². The molecule has 1 rings (SSSR count). The minimum absolute atomic E-state index is 0.134. The Bertz CT molecular complexity index is 271. The van der Waals surface area contributed by atoms with Crippen molar-refractivity contribution in [3.63, 3.8) is 0 Å². The molecule has 0 heterocycles. The minimum Gasteiger partial charge on any atom is -0.330 e. The first kappa shape index (κ1) is 12.6. The van der Waals surface area contributed by atoms with E-state index in [1.807, 2.05) is 11.8 Å². The lowest BCUT2D eigenvalue weighted by molar-refractivity contribution is 0.617. The smallest absolute Gasteiger partial charge is 0.0295 e. The Labute approximate surface area is 96.4 Å². The summed E-state index contributed by atoms with van der Waals surface area (Å²) in [7, 11) is 0. The molecule has 0 aliphatic rings. The molecular weight excluding hydrogens is 204 g/mol. The van der Waals surface area contributed by atoms with E-state index in [1.165, 1.54) is 10.5 Å². The maximum absolute atomic E-state index is 6.04. The number of hydrogen-bond donors (Lipinski definition) is 2. The molecule has 1 aromatic rings. The molecule has 0 unspecified atom stereocenters. The standard InChI is InChI=1S/C12H20N2S/c1-2-15-11-7-5-10(6-8-11)12(14)4-3-9-13/h5-8,12H,2-4,9,13-14H2,1H3/t12-/m0/s1. The molecule has 0 spiro atoms. The van der Waals surface area contributed by atoms with Crippen LogP contribution >= 0.6 is 11.8 Å². The summed E-state index contributed by atoms with van der Waals surface area (Å²) in [6, 6.07) is 8.67. The second-order valence-corrected chi connectivity index (χ2v) is 4.88. The largest absolute Gasteiger partial charge is 0.330 e. The van der Waals surface area contributed by atoms with Crippen molar-refractivity contribution in [1.29, 1.82) is 0 Å². The molecular formula is C12H20N2S. The van der Waals surface area contributed by atoms with E-state index in [1.54, 1.807) is 0 Å². The molecule has 0 aliphatic heterocycles. The van der Waals surface area contributed by atoms with Crippen LogP contribution in [-0.2, 0) is 0 Å². The van der Waals surface area contributed by atoms with Crippen molar-refractivity contribution in [2.75, 3.05) is 12.3 Å². The summed E-state index contributed by atoms with van der Waals surface area (Å²) in [4.78, 5) is 1.31. The Morgan fingerprint density at radius 3 is 2.47 bits per heavy atom. The summed E-state index contributed by atoms with van der Waals surface area (Å²) in [5, 5.41) is 0. The maximum atomic E-state index is 6.04. The van der Waals surface area contributed by atoms with Gasteiger partial charge in [-0.25, -0.2) is 0 Å². The van der Waals surface area contributed by atoms with Gasteiger partial charge in [0.25, 0.3) is 0 Å². The van der Waals surface area contributed by atoms with Crippen molar-refractivity contribution >= 4 is 11.8 Å². The molecule has 0 saturated heterocycles. The number of hydrogen-bond acceptors (Lipinski definition) is 3. The molecule has 0 fully saturated rings. The highest BCUT2D eigenvalue weighted by Crippen LogP contribution is 2.21. The molecule has 3 heteroatoms. The molecule has 15 heavy (non-hydrogen) atoms. The van der Waals surface area contributed by atoms with E-state index in [2.05, 4.69) is 31.2 Å². The fraction of sp³-hybridized carbons (Fsp3) is 0.500. The second kappa shape index (κ2) is 6.88. The zero-order chi connectivity index (χ0) is 11.1. The normalized spacial score (nSPS) is 12.7. The fourth-order valence-corrected chi connectivity index (χ4v) is 2.14. The van der Waals surface area contributed by atoms with Crippen LogP contribution in [0.2, 0.25) is 0 Å². The van der Waals surface area contributed by atoms with Crippen molar-refractivity contribution in [1.82, 2.24) is 0 Å². The molecule has 2 nitrogen and oxygen atoms in total. The molecule has 0 aliphatic carbocycles. The quantitative estimate of drug-likeness (QED) is 0.730. The van der Waals surface area contributed by atoms with Crippen LogP contribution in [0.5, 0.6) is 0 Å². The predicted octanol–water partition coefficient (Wildman–Crippen LogP) is 2.54. The van der Waals surface area contributed by atoms with Gasteiger partial charge in [0.05, 0.1) is 0 Å². The Kier molecular flexibility index (Phi) is 5.76. The molecule has 0 aromatic heterocycles. The Morgan fingerprint density at radius 2 is 1.93 bits per heavy atom. The first-order chi connectivity index (χ1) is 7.27. The first-order valence-corrected chi connectivity index (χ1v) is 6.45. The van der Waals surface area contributed by atoms with Gasteiger partial charge in [-0.3, -0.25) is 0 Å². The van der Waals surface area contributed by atoms with Crippen molar-refractivity contribution < 1.29 is 0 Å². The van der Waals surface area contributed by atoms with E-state index in [0.717, 1.165) is 25.1 Å². The number of thioether (sulfide) groups is 1. The van der Waals surface area contributed by atoms with Crippen LogP contribution in [0.3, 0.4) is 0 Å². The fourth-order valence-electron chi connectivity index (χ4n) is 1.48. The van der Waals surface area contributed by atoms with Gasteiger partial charge in [0.15, 0.2) is 0 Å². The zero-order valence-electron chi connectivity index (χ0n) is 9.28. The maximum Gasteiger partial charge on any atom is 0.0295 e. The van der Waals surface area contributed by atoms with Crippen molar-refractivity contribution in [2.45, 2.75) is 30.7 Å². The van der Waals surface area contributed by atoms with Crippen molar-refractivity contribution in [3.8, 4) is 0 Å². The van der Waals surface area contributed by atoms with Crippen LogP contribution in [0.4, 0.5) is 0 Å². The van der Waals surface area contributed by atoms with E-state index in [-0.39, 0.29) is 6.04 Å². The van der Waals surface area contributed by atoms with Crippen LogP contribution in [0.15, 0.2) is 29.2 Å². The molecule has 1 aromatic carbocycles. The Morgan fingerprint density at radius 1 is 1.27 bits per heavy atom. The van der Waals surface area contributed by atoms with Gasteiger partial charge < -0.3 is 11.5 Å². The van der Waals surface area contributed by atoms with E-state index in [9.17, 15) is 0 Å². The lowest BCUT2D eigenvalue weighted by Crippen LogP contribution is -2.12. The first-order valence-electron chi connectivity index (χ1n) is 5.46. The third-order valence-electron chi connectivity index (χ3n) is 2.34. The number of benzene rings is 1. The van der Waals surface area contributed by atoms with E-state index >= 15 is 0 Å². The van der Waals surface area contributed by atoms with Gasteiger partial charge in [-0.1, -0.05) is 19.1 Å². The summed E-state index contributed by atoms with van der Waals surface area (Å²) in [6.45, 7) is 2.88. The molecule has 0 radical (unpaired) electrons. The van der Waals surface area contributed by atoms with Crippen LogP contribution in [0.25, 0.3) is 0 Å². The van der Waals surface area contributed by atoms with Crippen LogP contribution in [0.1, 0.15) is 31.4 Å². The van der Waals surface area contributed by atoms with Gasteiger partial charge in [-0.05, 0) is 42.8 Å². The third-order valence-corrected chi connectivity index (χ3v) is 3.23. The highest BCUT2D eigenvalue weighted by atomic mass is 32.2. The SMILES string of the molecule is CCSc1ccc([C@@H](N)CCCN)cc1. The molecule has 1 atom stereocenters. The lowest BCUT2D eigenvalue weighted by atomic mass is 10.0. The summed E-state index contributed by atoms with van der Waals surface area (Å²) in [5.41, 5.74) is 12.7. The molecule has 84 valence electrons. The van der Waals surface area contributed by atoms with E-state index < -0.39 is 0 Å². The third kappa shape index (κ3) is 4.24. The molecule has 4 N–H and O–H groups in total. The van der Waals surface area contributed by atoms with Crippen LogP contribution in [-0.4, -0.2) is 12.3 Å².